The van der Waals surface area contributed by atoms with Crippen molar-refractivity contribution in [3.05, 3.63) is 47.7 Å². The minimum Gasteiger partial charge on any atom is -0.488 e. The van der Waals surface area contributed by atoms with Crippen LogP contribution in [0.15, 0.2) is 36.5 Å². The van der Waals surface area contributed by atoms with E-state index in [1.54, 1.807) is 18.2 Å². The van der Waals surface area contributed by atoms with Crippen molar-refractivity contribution < 1.29 is 23.8 Å². The van der Waals surface area contributed by atoms with Crippen molar-refractivity contribution in [2.24, 2.45) is 0 Å². The summed E-state index contributed by atoms with van der Waals surface area (Å²) >= 11 is 0. The molecule has 1 fully saturated rings. The third-order valence-corrected chi connectivity index (χ3v) is 4.99. The Balaban J connectivity index is 1.58. The van der Waals surface area contributed by atoms with Crippen LogP contribution in [0.25, 0.3) is 0 Å². The molecule has 2 aliphatic heterocycles. The summed E-state index contributed by atoms with van der Waals surface area (Å²) in [5.41, 5.74) is 1.37. The van der Waals surface area contributed by atoms with Gasteiger partial charge in [-0.2, -0.15) is 0 Å². The van der Waals surface area contributed by atoms with Gasteiger partial charge in [0.25, 0.3) is 5.91 Å². The highest BCUT2D eigenvalue weighted by molar-refractivity contribution is 5.95. The van der Waals surface area contributed by atoms with E-state index in [0.717, 1.165) is 5.69 Å². The number of halogens is 1. The first kappa shape index (κ1) is 18.2. The number of aromatic nitrogens is 1. The van der Waals surface area contributed by atoms with E-state index in [1.165, 1.54) is 23.2 Å². The van der Waals surface area contributed by atoms with Crippen LogP contribution in [0.3, 0.4) is 0 Å². The molecule has 0 spiro atoms. The number of carbonyl (C=O) groups is 2. The molecule has 1 unspecified atom stereocenters. The molecule has 2 aromatic rings. The van der Waals surface area contributed by atoms with Gasteiger partial charge in [-0.15, -0.1) is 0 Å². The molecule has 1 atom stereocenters. The number of anilines is 2. The molecule has 28 heavy (non-hydrogen) atoms. The third kappa shape index (κ3) is 3.49. The number of alkyl halides is 1. The van der Waals surface area contributed by atoms with Gasteiger partial charge in [-0.3, -0.25) is 4.79 Å². The number of amides is 1. The molecular formula is C20H20FN3O4. The Morgan fingerprint density at radius 3 is 2.68 bits per heavy atom. The second-order valence-corrected chi connectivity index (χ2v) is 6.89. The standard InChI is InChI=1S/C20H20FN3O4/c21-15-2-1-7-23(12-15)19(25)14-10-17-18(22-11-14)24(8-9-28-17)16-5-3-13(4-6-16)20(26)27/h3-6,10-11,15H,1-2,7-9,12H2,(H,26,27). The summed E-state index contributed by atoms with van der Waals surface area (Å²) < 4.78 is 19.3. The van der Waals surface area contributed by atoms with Crippen LogP contribution in [0.2, 0.25) is 0 Å². The number of carbonyl (C=O) groups excluding carboxylic acids is 1. The fourth-order valence-corrected chi connectivity index (χ4v) is 3.54. The molecule has 1 N–H and O–H groups in total. The molecule has 0 saturated carbocycles. The van der Waals surface area contributed by atoms with E-state index in [9.17, 15) is 14.0 Å². The molecule has 7 nitrogen and oxygen atoms in total. The maximum Gasteiger partial charge on any atom is 0.335 e. The zero-order valence-electron chi connectivity index (χ0n) is 15.2. The zero-order valence-corrected chi connectivity index (χ0v) is 15.2. The average molecular weight is 385 g/mol. The third-order valence-electron chi connectivity index (χ3n) is 4.99. The number of carboxylic acids is 1. The second-order valence-electron chi connectivity index (χ2n) is 6.89. The highest BCUT2D eigenvalue weighted by Gasteiger charge is 2.27. The van der Waals surface area contributed by atoms with Gasteiger partial charge in [0.1, 0.15) is 12.8 Å². The number of benzene rings is 1. The molecule has 0 aliphatic carbocycles. The molecule has 3 heterocycles. The van der Waals surface area contributed by atoms with Crippen molar-refractivity contribution in [1.29, 1.82) is 0 Å². The number of rotatable bonds is 3. The molecule has 4 rings (SSSR count). The Bertz CT molecular complexity index is 903. The van der Waals surface area contributed by atoms with Crippen molar-refractivity contribution in [2.45, 2.75) is 19.0 Å². The van der Waals surface area contributed by atoms with Crippen LogP contribution in [0, 0.1) is 0 Å². The number of hydrogen-bond acceptors (Lipinski definition) is 5. The van der Waals surface area contributed by atoms with Crippen LogP contribution in [-0.2, 0) is 0 Å². The topological polar surface area (TPSA) is 83.0 Å². The lowest BCUT2D eigenvalue weighted by Crippen LogP contribution is -2.40. The Kier molecular flexibility index (Phi) is 4.85. The Hall–Kier alpha value is -3.16. The summed E-state index contributed by atoms with van der Waals surface area (Å²) in [5, 5.41) is 9.04. The van der Waals surface area contributed by atoms with Crippen molar-refractivity contribution in [3.63, 3.8) is 0 Å². The number of aromatic carboxylic acids is 1. The molecule has 0 bridgehead atoms. The summed E-state index contributed by atoms with van der Waals surface area (Å²) in [6.07, 6.45) is 1.65. The predicted molar refractivity (Wildman–Crippen MR) is 100 cm³/mol. The molecule has 1 saturated heterocycles. The van der Waals surface area contributed by atoms with Gasteiger partial charge in [-0.05, 0) is 43.2 Å². The van der Waals surface area contributed by atoms with Crippen LogP contribution in [-0.4, -0.2) is 59.3 Å². The first-order valence-corrected chi connectivity index (χ1v) is 9.20. The fraction of sp³-hybridized carbons (Fsp3) is 0.350. The first-order valence-electron chi connectivity index (χ1n) is 9.20. The van der Waals surface area contributed by atoms with E-state index >= 15 is 0 Å². The quantitative estimate of drug-likeness (QED) is 0.875. The van der Waals surface area contributed by atoms with Crippen LogP contribution in [0.4, 0.5) is 15.9 Å². The van der Waals surface area contributed by atoms with Gasteiger partial charge in [-0.1, -0.05) is 0 Å². The summed E-state index contributed by atoms with van der Waals surface area (Å²) in [5.74, 6) is -0.186. The lowest BCUT2D eigenvalue weighted by Gasteiger charge is -2.31. The minimum absolute atomic E-state index is 0.110. The number of nitrogens with zero attached hydrogens (tertiary/aromatic N) is 3. The normalized spacial score (nSPS) is 19.0. The number of likely N-dealkylation sites (tertiary alicyclic amines) is 1. The summed E-state index contributed by atoms with van der Waals surface area (Å²) in [6, 6.07) is 8.15. The van der Waals surface area contributed by atoms with Gasteiger partial charge in [0.15, 0.2) is 11.6 Å². The molecule has 0 radical (unpaired) electrons. The van der Waals surface area contributed by atoms with Gasteiger partial charge in [0.2, 0.25) is 0 Å². The van der Waals surface area contributed by atoms with Crippen LogP contribution < -0.4 is 9.64 Å². The SMILES string of the molecule is O=C(O)c1ccc(N2CCOc3cc(C(=O)N4CCCC(F)C4)cnc32)cc1. The van der Waals surface area contributed by atoms with E-state index < -0.39 is 12.1 Å². The monoisotopic (exact) mass is 385 g/mol. The molecule has 1 aromatic carbocycles. The van der Waals surface area contributed by atoms with Crippen LogP contribution in [0.5, 0.6) is 5.75 Å². The van der Waals surface area contributed by atoms with Crippen molar-refractivity contribution in [3.8, 4) is 5.75 Å². The highest BCUT2D eigenvalue weighted by atomic mass is 19.1. The van der Waals surface area contributed by atoms with E-state index in [4.69, 9.17) is 9.84 Å². The molecule has 2 aliphatic rings. The smallest absolute Gasteiger partial charge is 0.335 e. The van der Waals surface area contributed by atoms with Gasteiger partial charge in [0.05, 0.1) is 24.2 Å². The number of piperidine rings is 1. The lowest BCUT2D eigenvalue weighted by atomic mass is 10.1. The van der Waals surface area contributed by atoms with Gasteiger partial charge >= 0.3 is 5.97 Å². The van der Waals surface area contributed by atoms with Crippen LogP contribution >= 0.6 is 0 Å². The van der Waals surface area contributed by atoms with Crippen molar-refractivity contribution in [1.82, 2.24) is 9.88 Å². The van der Waals surface area contributed by atoms with Crippen molar-refractivity contribution in [2.75, 3.05) is 31.1 Å². The molecule has 1 aromatic heterocycles. The number of pyridine rings is 1. The first-order chi connectivity index (χ1) is 13.5. The summed E-state index contributed by atoms with van der Waals surface area (Å²) in [4.78, 5) is 31.6. The average Bonchev–Trinajstić information content (AvgIpc) is 2.72. The van der Waals surface area contributed by atoms with Gasteiger partial charge in [-0.25, -0.2) is 14.2 Å². The maximum absolute atomic E-state index is 13.6. The van der Waals surface area contributed by atoms with E-state index in [2.05, 4.69) is 4.98 Å². The number of hydrogen-bond donors (Lipinski definition) is 1. The zero-order chi connectivity index (χ0) is 19.7. The summed E-state index contributed by atoms with van der Waals surface area (Å²) in [7, 11) is 0. The highest BCUT2D eigenvalue weighted by Crippen LogP contribution is 2.35. The number of fused-ring (bicyclic) bond motifs is 1. The molecule has 1 amide bonds. The Morgan fingerprint density at radius 1 is 1.18 bits per heavy atom. The van der Waals surface area contributed by atoms with E-state index in [-0.39, 0.29) is 18.0 Å². The Labute approximate surface area is 161 Å². The molecule has 8 heteroatoms. The van der Waals surface area contributed by atoms with Crippen molar-refractivity contribution >= 4 is 23.4 Å². The van der Waals surface area contributed by atoms with Gasteiger partial charge < -0.3 is 19.6 Å². The molecule has 146 valence electrons. The largest absolute Gasteiger partial charge is 0.488 e. The minimum atomic E-state index is -0.983. The maximum atomic E-state index is 13.6. The summed E-state index contributed by atoms with van der Waals surface area (Å²) in [6.45, 7) is 1.61. The van der Waals surface area contributed by atoms with Gasteiger partial charge in [0, 0.05) is 18.4 Å². The predicted octanol–water partition coefficient (Wildman–Crippen LogP) is 2.88. The van der Waals surface area contributed by atoms with E-state index in [1.807, 2.05) is 4.90 Å². The van der Waals surface area contributed by atoms with E-state index in [0.29, 0.717) is 49.7 Å². The van der Waals surface area contributed by atoms with Crippen LogP contribution in [0.1, 0.15) is 33.6 Å². The fourth-order valence-electron chi connectivity index (χ4n) is 3.54. The lowest BCUT2D eigenvalue weighted by molar-refractivity contribution is 0.0634. The second kappa shape index (κ2) is 7.46. The molecular weight excluding hydrogens is 365 g/mol. The number of carboxylic acid groups (broad SMARTS) is 1. The Morgan fingerprint density at radius 2 is 1.96 bits per heavy atom. The number of ether oxygens (including phenoxy) is 1.